The fourth-order valence-electron chi connectivity index (χ4n) is 5.05. The minimum atomic E-state index is -0.970. The van der Waals surface area contributed by atoms with Crippen molar-refractivity contribution in [3.63, 3.8) is 0 Å². The van der Waals surface area contributed by atoms with E-state index in [9.17, 15) is 19.8 Å². The Morgan fingerprint density at radius 2 is 1.24 bits per heavy atom. The number of benzene rings is 2. The Labute approximate surface area is 244 Å². The van der Waals surface area contributed by atoms with Gasteiger partial charge in [-0.15, -0.1) is 0 Å². The Hall–Kier alpha value is -3.14. The average Bonchev–Trinajstić information content (AvgIpc) is 3.33. The molecule has 4 atom stereocenters. The predicted octanol–water partition coefficient (Wildman–Crippen LogP) is 4.10. The molecule has 9 nitrogen and oxygen atoms in total. The first kappa shape index (κ1) is 32.4. The minimum absolute atomic E-state index is 0.102. The summed E-state index contributed by atoms with van der Waals surface area (Å²) in [7, 11) is 0. The smallest absolute Gasteiger partial charge is 0.407 e. The summed E-state index contributed by atoms with van der Waals surface area (Å²) in [6, 6.07) is 18.0. The first-order valence-electron chi connectivity index (χ1n) is 14.6. The molecule has 41 heavy (non-hydrogen) atoms. The molecule has 9 heteroatoms. The molecule has 1 saturated carbocycles. The number of ether oxygens (including phenoxy) is 2. The molecule has 0 unspecified atom stereocenters. The van der Waals surface area contributed by atoms with E-state index in [0.29, 0.717) is 12.8 Å². The summed E-state index contributed by atoms with van der Waals surface area (Å²) in [6.07, 6.45) is 1.43. The molecule has 226 valence electrons. The Bertz CT molecular complexity index is 1070. The van der Waals surface area contributed by atoms with Gasteiger partial charge in [0.1, 0.15) is 11.2 Å². The standard InChI is InChI=1S/C32H47N3O6/c1-31(2,3)40-29(38)34-25(19-23-13-7-5-8-14-23)27(36)21-33-22-28(37)26(20-24-15-9-6-10-16-24)35-30(39)41-32(4)17-11-12-18-32/h5-10,13-16,25-28,33,36-37H,11-12,17-22H2,1-4H3,(H,34,38)(H,35,39)/t25-,26-,27+,28+/m0/s1. The van der Waals surface area contributed by atoms with E-state index >= 15 is 0 Å². The molecule has 0 aromatic heterocycles. The van der Waals surface area contributed by atoms with Crippen molar-refractivity contribution in [1.29, 1.82) is 0 Å². The minimum Gasteiger partial charge on any atom is -0.444 e. The highest BCUT2D eigenvalue weighted by Crippen LogP contribution is 2.32. The Balaban J connectivity index is 1.60. The lowest BCUT2D eigenvalue weighted by Gasteiger charge is -2.29. The molecule has 1 aliphatic rings. The van der Waals surface area contributed by atoms with Gasteiger partial charge in [0.25, 0.3) is 0 Å². The summed E-state index contributed by atoms with van der Waals surface area (Å²) < 4.78 is 11.2. The molecule has 0 bridgehead atoms. The van der Waals surface area contributed by atoms with Gasteiger partial charge in [-0.05, 0) is 77.3 Å². The number of hydrogen-bond acceptors (Lipinski definition) is 7. The molecule has 3 rings (SSSR count). The third-order valence-corrected chi connectivity index (χ3v) is 7.24. The third-order valence-electron chi connectivity index (χ3n) is 7.24. The molecule has 2 aromatic carbocycles. The van der Waals surface area contributed by atoms with Crippen LogP contribution in [0.4, 0.5) is 9.59 Å². The van der Waals surface area contributed by atoms with E-state index < -0.39 is 47.7 Å². The van der Waals surface area contributed by atoms with Crippen molar-refractivity contribution in [2.75, 3.05) is 13.1 Å². The fourth-order valence-corrected chi connectivity index (χ4v) is 5.05. The van der Waals surface area contributed by atoms with Crippen LogP contribution in [0.15, 0.2) is 60.7 Å². The molecule has 0 radical (unpaired) electrons. The maximum absolute atomic E-state index is 12.8. The van der Waals surface area contributed by atoms with Crippen LogP contribution in [0.3, 0.4) is 0 Å². The van der Waals surface area contributed by atoms with Crippen LogP contribution in [0.5, 0.6) is 0 Å². The third kappa shape index (κ3) is 11.7. The van der Waals surface area contributed by atoms with Crippen molar-refractivity contribution in [1.82, 2.24) is 16.0 Å². The Morgan fingerprint density at radius 3 is 1.68 bits per heavy atom. The van der Waals surface area contributed by atoms with Crippen LogP contribution in [-0.4, -0.2) is 71.0 Å². The van der Waals surface area contributed by atoms with Crippen molar-refractivity contribution in [3.8, 4) is 0 Å². The van der Waals surface area contributed by atoms with E-state index in [1.54, 1.807) is 20.8 Å². The summed E-state index contributed by atoms with van der Waals surface area (Å²) in [5, 5.41) is 30.9. The summed E-state index contributed by atoms with van der Waals surface area (Å²) in [6.45, 7) is 7.50. The molecule has 2 amide bonds. The number of carbonyl (C=O) groups excluding carboxylic acids is 2. The SMILES string of the molecule is CC(C)(C)OC(=O)N[C@@H](Cc1ccccc1)[C@H](O)CNC[C@@H](O)[C@H](Cc1ccccc1)NC(=O)OC1(C)CCCC1. The topological polar surface area (TPSA) is 129 Å². The number of nitrogens with one attached hydrogen (secondary N) is 3. The van der Waals surface area contributed by atoms with E-state index in [1.165, 1.54) is 0 Å². The fraction of sp³-hybridized carbons (Fsp3) is 0.562. The van der Waals surface area contributed by atoms with Gasteiger partial charge in [-0.25, -0.2) is 9.59 Å². The van der Waals surface area contributed by atoms with Crippen molar-refractivity contribution >= 4 is 12.2 Å². The monoisotopic (exact) mass is 569 g/mol. The number of hydrogen-bond donors (Lipinski definition) is 5. The van der Waals surface area contributed by atoms with Gasteiger partial charge >= 0.3 is 12.2 Å². The maximum Gasteiger partial charge on any atom is 0.407 e. The predicted molar refractivity (Wildman–Crippen MR) is 159 cm³/mol. The first-order valence-corrected chi connectivity index (χ1v) is 14.6. The zero-order valence-electron chi connectivity index (χ0n) is 24.8. The van der Waals surface area contributed by atoms with Gasteiger partial charge < -0.3 is 35.6 Å². The lowest BCUT2D eigenvalue weighted by Crippen LogP contribution is -2.53. The van der Waals surface area contributed by atoms with Crippen LogP contribution >= 0.6 is 0 Å². The Kier molecular flexibility index (Phi) is 12.0. The lowest BCUT2D eigenvalue weighted by atomic mass is 10.00. The molecule has 5 N–H and O–H groups in total. The molecular formula is C32H47N3O6. The van der Waals surface area contributed by atoms with E-state index in [1.807, 2.05) is 67.6 Å². The van der Waals surface area contributed by atoms with Crippen LogP contribution in [0.1, 0.15) is 64.5 Å². The first-order chi connectivity index (χ1) is 19.4. The maximum atomic E-state index is 12.8. The molecule has 0 saturated heterocycles. The van der Waals surface area contributed by atoms with E-state index in [2.05, 4.69) is 16.0 Å². The summed E-state index contributed by atoms with van der Waals surface area (Å²) in [5.74, 6) is 0. The number of amides is 2. The van der Waals surface area contributed by atoms with Gasteiger partial charge in [-0.1, -0.05) is 60.7 Å². The highest BCUT2D eigenvalue weighted by atomic mass is 16.6. The molecule has 0 spiro atoms. The quantitative estimate of drug-likeness (QED) is 0.246. The van der Waals surface area contributed by atoms with Gasteiger partial charge in [0, 0.05) is 13.1 Å². The van der Waals surface area contributed by atoms with E-state index in [0.717, 1.165) is 36.8 Å². The van der Waals surface area contributed by atoms with Crippen LogP contribution in [0.25, 0.3) is 0 Å². The molecule has 0 heterocycles. The van der Waals surface area contributed by atoms with Gasteiger partial charge in [0.2, 0.25) is 0 Å². The molecule has 1 fully saturated rings. The Morgan fingerprint density at radius 1 is 0.805 bits per heavy atom. The van der Waals surface area contributed by atoms with Crippen molar-refractivity contribution in [2.45, 2.75) is 102 Å². The van der Waals surface area contributed by atoms with Gasteiger partial charge in [0.05, 0.1) is 24.3 Å². The highest BCUT2D eigenvalue weighted by molar-refractivity contribution is 5.68. The summed E-state index contributed by atoms with van der Waals surface area (Å²) >= 11 is 0. The van der Waals surface area contributed by atoms with E-state index in [-0.39, 0.29) is 13.1 Å². The zero-order valence-corrected chi connectivity index (χ0v) is 24.8. The summed E-state index contributed by atoms with van der Waals surface area (Å²) in [4.78, 5) is 25.3. The second-order valence-electron chi connectivity index (χ2n) is 12.2. The molecule has 2 aromatic rings. The number of carbonyl (C=O) groups is 2. The van der Waals surface area contributed by atoms with Crippen LogP contribution in [0, 0.1) is 0 Å². The summed E-state index contributed by atoms with van der Waals surface area (Å²) in [5.41, 5.74) is 0.762. The molecular weight excluding hydrogens is 522 g/mol. The van der Waals surface area contributed by atoms with Crippen molar-refractivity contribution in [2.24, 2.45) is 0 Å². The second-order valence-corrected chi connectivity index (χ2v) is 12.2. The lowest BCUT2D eigenvalue weighted by molar-refractivity contribution is 0.0225. The highest BCUT2D eigenvalue weighted by Gasteiger charge is 2.34. The van der Waals surface area contributed by atoms with Gasteiger partial charge in [-0.2, -0.15) is 0 Å². The zero-order chi connectivity index (χ0) is 29.9. The normalized spacial score (nSPS) is 17.6. The van der Waals surface area contributed by atoms with Crippen LogP contribution in [-0.2, 0) is 22.3 Å². The van der Waals surface area contributed by atoms with Gasteiger partial charge in [0.15, 0.2) is 0 Å². The molecule has 0 aliphatic heterocycles. The number of rotatable bonds is 13. The van der Waals surface area contributed by atoms with Crippen LogP contribution < -0.4 is 16.0 Å². The average molecular weight is 570 g/mol. The number of aliphatic hydroxyl groups excluding tert-OH is 2. The van der Waals surface area contributed by atoms with Crippen molar-refractivity contribution in [3.05, 3.63) is 71.8 Å². The second kappa shape index (κ2) is 15.2. The molecule has 1 aliphatic carbocycles. The largest absolute Gasteiger partial charge is 0.444 e. The number of alkyl carbamates (subject to hydrolysis) is 2. The van der Waals surface area contributed by atoms with E-state index in [4.69, 9.17) is 9.47 Å². The van der Waals surface area contributed by atoms with Crippen LogP contribution in [0.2, 0.25) is 0 Å². The van der Waals surface area contributed by atoms with Gasteiger partial charge in [-0.3, -0.25) is 0 Å². The number of aliphatic hydroxyl groups is 2. The van der Waals surface area contributed by atoms with Crippen molar-refractivity contribution < 1.29 is 29.3 Å².